The summed E-state index contributed by atoms with van der Waals surface area (Å²) in [5.74, 6) is 1.27. The van der Waals surface area contributed by atoms with Crippen molar-refractivity contribution >= 4 is 35.2 Å². The van der Waals surface area contributed by atoms with Crippen molar-refractivity contribution in [2.45, 2.75) is 39.0 Å². The molecule has 1 aliphatic carbocycles. The van der Waals surface area contributed by atoms with Crippen LogP contribution in [0, 0.1) is 18.3 Å². The van der Waals surface area contributed by atoms with Crippen molar-refractivity contribution in [3.8, 4) is 0 Å². The average molecular weight is 366 g/mol. The number of nitrogens with two attached hydrogens (primary N) is 1. The van der Waals surface area contributed by atoms with Crippen LogP contribution in [0.5, 0.6) is 0 Å². The van der Waals surface area contributed by atoms with Gasteiger partial charge in [0.15, 0.2) is 5.82 Å². The molecule has 2 heterocycles. The molecule has 0 amide bonds. The zero-order chi connectivity index (χ0) is 19.2. The fourth-order valence-electron chi connectivity index (χ4n) is 3.35. The van der Waals surface area contributed by atoms with Crippen LogP contribution in [0.1, 0.15) is 43.4 Å². The van der Waals surface area contributed by atoms with E-state index in [0.717, 1.165) is 29.8 Å². The highest BCUT2D eigenvalue weighted by Crippen LogP contribution is 2.29. The number of aryl methyl sites for hydroxylation is 1. The molecule has 0 aromatic carbocycles. The summed E-state index contributed by atoms with van der Waals surface area (Å²) in [6.45, 7) is 1.95. The molecule has 0 saturated heterocycles. The zero-order valence-electron chi connectivity index (χ0n) is 15.8. The molecular formula is C19H26N8. The number of hydrogen-bond donors (Lipinski definition) is 4. The number of rotatable bonds is 6. The van der Waals surface area contributed by atoms with Crippen molar-refractivity contribution in [1.29, 1.82) is 5.41 Å². The normalized spacial score (nSPS) is 15.0. The Morgan fingerprint density at radius 2 is 1.96 bits per heavy atom. The molecule has 8 nitrogen and oxygen atoms in total. The molecule has 0 atom stereocenters. The van der Waals surface area contributed by atoms with Crippen LogP contribution in [0.3, 0.4) is 0 Å². The molecule has 1 fully saturated rings. The van der Waals surface area contributed by atoms with Gasteiger partial charge in [-0.15, -0.1) is 0 Å². The molecule has 0 aliphatic heterocycles. The van der Waals surface area contributed by atoms with Crippen LogP contribution in [0.15, 0.2) is 23.5 Å². The van der Waals surface area contributed by atoms with Crippen LogP contribution in [0.25, 0.3) is 0 Å². The maximum absolute atomic E-state index is 8.66. The second-order valence-corrected chi connectivity index (χ2v) is 6.72. The highest BCUT2D eigenvalue weighted by Gasteiger charge is 2.23. The Labute approximate surface area is 159 Å². The lowest BCUT2D eigenvalue weighted by molar-refractivity contribution is 0.438. The van der Waals surface area contributed by atoms with Gasteiger partial charge in [0.25, 0.3) is 0 Å². The molecular weight excluding hydrogens is 340 g/mol. The Hall–Kier alpha value is -3.03. The van der Waals surface area contributed by atoms with Gasteiger partial charge in [0, 0.05) is 13.0 Å². The maximum Gasteiger partial charge on any atom is 0.227 e. The van der Waals surface area contributed by atoms with Gasteiger partial charge in [-0.1, -0.05) is 19.3 Å². The average Bonchev–Trinajstić information content (AvgIpc) is 2.70. The van der Waals surface area contributed by atoms with Crippen LogP contribution in [-0.4, -0.2) is 34.0 Å². The van der Waals surface area contributed by atoms with Crippen LogP contribution in [-0.2, 0) is 0 Å². The number of hydrogen-bond acceptors (Lipinski definition) is 7. The molecule has 1 aliphatic rings. The Kier molecular flexibility index (Phi) is 5.95. The highest BCUT2D eigenvalue weighted by molar-refractivity contribution is 6.02. The summed E-state index contributed by atoms with van der Waals surface area (Å²) < 4.78 is 0. The van der Waals surface area contributed by atoms with Gasteiger partial charge >= 0.3 is 0 Å². The number of pyridine rings is 1. The molecule has 27 heavy (non-hydrogen) atoms. The van der Waals surface area contributed by atoms with Crippen LogP contribution < -0.4 is 16.4 Å². The van der Waals surface area contributed by atoms with Gasteiger partial charge in [0.2, 0.25) is 5.95 Å². The number of anilines is 3. The molecule has 0 bridgehead atoms. The van der Waals surface area contributed by atoms with Crippen molar-refractivity contribution in [1.82, 2.24) is 15.0 Å². The van der Waals surface area contributed by atoms with Crippen molar-refractivity contribution in [2.75, 3.05) is 17.7 Å². The van der Waals surface area contributed by atoms with E-state index < -0.39 is 0 Å². The molecule has 3 rings (SSSR count). The predicted molar refractivity (Wildman–Crippen MR) is 110 cm³/mol. The quantitative estimate of drug-likeness (QED) is 0.458. The summed E-state index contributed by atoms with van der Waals surface area (Å²) in [5, 5.41) is 15.0. The first kappa shape index (κ1) is 18.8. The lowest BCUT2D eigenvalue weighted by Crippen LogP contribution is -2.21. The topological polar surface area (TPSA) is 125 Å². The first-order valence-corrected chi connectivity index (χ1v) is 9.24. The van der Waals surface area contributed by atoms with Gasteiger partial charge in [-0.05, 0) is 31.4 Å². The Balaban J connectivity index is 1.85. The van der Waals surface area contributed by atoms with Crippen LogP contribution in [0.4, 0.5) is 23.1 Å². The van der Waals surface area contributed by atoms with E-state index in [4.69, 9.17) is 11.1 Å². The van der Waals surface area contributed by atoms with E-state index >= 15 is 0 Å². The van der Waals surface area contributed by atoms with E-state index in [1.165, 1.54) is 25.6 Å². The minimum atomic E-state index is 0.269. The predicted octanol–water partition coefficient (Wildman–Crippen LogP) is 3.53. The third-order valence-corrected chi connectivity index (χ3v) is 4.88. The zero-order valence-corrected chi connectivity index (χ0v) is 15.8. The number of nitrogens with zero attached hydrogens (tertiary/aromatic N) is 4. The number of aromatic nitrogens is 3. The lowest BCUT2D eigenvalue weighted by Gasteiger charge is -2.23. The summed E-state index contributed by atoms with van der Waals surface area (Å²) in [4.78, 5) is 17.2. The van der Waals surface area contributed by atoms with Crippen molar-refractivity contribution < 1.29 is 0 Å². The van der Waals surface area contributed by atoms with Gasteiger partial charge in [-0.2, -0.15) is 0 Å². The number of aliphatic imine (C=N–C) groups is 1. The van der Waals surface area contributed by atoms with Gasteiger partial charge in [0.1, 0.15) is 5.69 Å². The molecule has 0 radical (unpaired) electrons. The van der Waals surface area contributed by atoms with Gasteiger partial charge < -0.3 is 21.8 Å². The second kappa shape index (κ2) is 8.57. The molecule has 142 valence electrons. The maximum atomic E-state index is 8.66. The molecule has 0 spiro atoms. The fourth-order valence-corrected chi connectivity index (χ4v) is 3.35. The first-order valence-electron chi connectivity index (χ1n) is 9.24. The van der Waals surface area contributed by atoms with Gasteiger partial charge in [-0.25, -0.2) is 19.9 Å². The lowest BCUT2D eigenvalue weighted by atomic mass is 9.84. The second-order valence-electron chi connectivity index (χ2n) is 6.72. The molecule has 5 N–H and O–H groups in total. The standard InChI is InChI=1S/C19H26N8/c1-12-8-16(25-11-20)23-9-14(12)26-19-24-10-15(22-2)18(27-19)17(21)13-6-4-3-5-7-13/h8-11,13,21-22H,3-7H2,1-2H3,(H2,20,23,25)(H,24,26,27). The van der Waals surface area contributed by atoms with E-state index in [1.807, 2.05) is 20.0 Å². The Bertz CT molecular complexity index is 840. The molecule has 0 unspecified atom stereocenters. The van der Waals surface area contributed by atoms with Crippen LogP contribution in [0.2, 0.25) is 0 Å². The smallest absolute Gasteiger partial charge is 0.227 e. The van der Waals surface area contributed by atoms with Gasteiger partial charge in [0.05, 0.1) is 35.8 Å². The van der Waals surface area contributed by atoms with Crippen molar-refractivity contribution in [2.24, 2.45) is 16.6 Å². The minimum absolute atomic E-state index is 0.269. The third-order valence-electron chi connectivity index (χ3n) is 4.88. The summed E-state index contributed by atoms with van der Waals surface area (Å²) in [7, 11) is 1.83. The summed E-state index contributed by atoms with van der Waals surface area (Å²) in [6, 6.07) is 1.83. The van der Waals surface area contributed by atoms with Crippen molar-refractivity contribution in [3.05, 3.63) is 29.7 Å². The van der Waals surface area contributed by atoms with Crippen LogP contribution >= 0.6 is 0 Å². The SMILES string of the molecule is CNc1cnc(Nc2cnc(N=CN)cc2C)nc1C(=N)C1CCCCC1. The van der Waals surface area contributed by atoms with Crippen molar-refractivity contribution in [3.63, 3.8) is 0 Å². The minimum Gasteiger partial charge on any atom is -0.390 e. The Morgan fingerprint density at radius 1 is 1.22 bits per heavy atom. The molecule has 8 heteroatoms. The molecule has 2 aromatic rings. The summed E-state index contributed by atoms with van der Waals surface area (Å²) in [5.41, 5.74) is 9.09. The highest BCUT2D eigenvalue weighted by atomic mass is 15.1. The fraction of sp³-hybridized carbons (Fsp3) is 0.421. The Morgan fingerprint density at radius 3 is 2.63 bits per heavy atom. The monoisotopic (exact) mass is 366 g/mol. The van der Waals surface area contributed by atoms with E-state index in [-0.39, 0.29) is 5.92 Å². The largest absolute Gasteiger partial charge is 0.390 e. The summed E-state index contributed by atoms with van der Waals surface area (Å²) in [6.07, 6.45) is 10.4. The molecule has 1 saturated carbocycles. The molecule has 2 aromatic heterocycles. The van der Waals surface area contributed by atoms with Gasteiger partial charge in [-0.3, -0.25) is 0 Å². The van der Waals surface area contributed by atoms with E-state index in [2.05, 4.69) is 30.6 Å². The van der Waals surface area contributed by atoms with E-state index in [9.17, 15) is 0 Å². The summed E-state index contributed by atoms with van der Waals surface area (Å²) >= 11 is 0. The van der Waals surface area contributed by atoms with E-state index in [0.29, 0.717) is 23.2 Å². The van der Waals surface area contributed by atoms with E-state index in [1.54, 1.807) is 12.4 Å². The number of nitrogens with one attached hydrogen (secondary N) is 3. The first-order chi connectivity index (χ1) is 13.1. The third kappa shape index (κ3) is 4.39.